The number of methoxy groups -OCH3 is 3. The molecule has 1 aliphatic heterocycles. The second-order valence-electron chi connectivity index (χ2n) is 9.58. The molecule has 2 atom stereocenters. The highest BCUT2D eigenvalue weighted by atomic mass is 35.5. The maximum Gasteiger partial charge on any atom is 0.245 e. The van der Waals surface area contributed by atoms with Crippen molar-refractivity contribution in [2.75, 3.05) is 34.5 Å². The van der Waals surface area contributed by atoms with Crippen LogP contribution >= 0.6 is 11.6 Å². The van der Waals surface area contributed by atoms with E-state index in [1.165, 1.54) is 40.1 Å². The van der Waals surface area contributed by atoms with Gasteiger partial charge < -0.3 is 18.9 Å². The maximum atomic E-state index is 13.7. The Morgan fingerprint density at radius 1 is 1.08 bits per heavy atom. The SMILES string of the molecule is COc1ncnc(OC)c1-n1c(CS(=O)(=O)[C@@H](C)[C@H](OC)c2ncc(Cl)cn2)nnc1C1CC2(COC2)C1. The van der Waals surface area contributed by atoms with E-state index in [-0.39, 0.29) is 34.7 Å². The molecule has 13 nitrogen and oxygen atoms in total. The van der Waals surface area contributed by atoms with Crippen LogP contribution in [0.3, 0.4) is 0 Å². The molecule has 1 spiro atoms. The first-order valence-electron chi connectivity index (χ1n) is 11.9. The number of ether oxygens (including phenoxy) is 4. The average Bonchev–Trinajstić information content (AvgIpc) is 3.25. The van der Waals surface area contributed by atoms with Crippen LogP contribution < -0.4 is 9.47 Å². The molecule has 2 fully saturated rings. The predicted octanol–water partition coefficient (Wildman–Crippen LogP) is 2.10. The molecule has 0 amide bonds. The van der Waals surface area contributed by atoms with Crippen LogP contribution in [0.5, 0.6) is 11.8 Å². The number of hydrogen-bond acceptors (Lipinski definition) is 12. The number of hydrogen-bond donors (Lipinski definition) is 0. The molecule has 0 radical (unpaired) electrons. The first-order valence-corrected chi connectivity index (χ1v) is 14.0. The summed E-state index contributed by atoms with van der Waals surface area (Å²) < 4.78 is 51.0. The van der Waals surface area contributed by atoms with E-state index >= 15 is 0 Å². The standard InChI is InChI=1S/C23H28ClN7O6S/c1-13(18(34-2)19-25-7-15(24)8-26-19)38(32,33)9-16-29-30-20(14-5-23(6-14)10-37-11-23)31(16)17-21(35-3)27-12-28-22(17)36-4/h7-8,12-14,18H,5-6,9-11H2,1-4H3/t13-,18-/m0/s1. The highest BCUT2D eigenvalue weighted by Gasteiger charge is 2.52. The van der Waals surface area contributed by atoms with Gasteiger partial charge in [0.2, 0.25) is 11.8 Å². The van der Waals surface area contributed by atoms with E-state index in [4.69, 9.17) is 30.5 Å². The van der Waals surface area contributed by atoms with Crippen molar-refractivity contribution in [3.63, 3.8) is 0 Å². The smallest absolute Gasteiger partial charge is 0.245 e. The van der Waals surface area contributed by atoms with Gasteiger partial charge in [-0.05, 0) is 19.8 Å². The van der Waals surface area contributed by atoms with Crippen molar-refractivity contribution in [1.82, 2.24) is 34.7 Å². The summed E-state index contributed by atoms with van der Waals surface area (Å²) in [5.41, 5.74) is 0.485. The largest absolute Gasteiger partial charge is 0.479 e. The quantitative estimate of drug-likeness (QED) is 0.353. The molecule has 0 bridgehead atoms. The van der Waals surface area contributed by atoms with Gasteiger partial charge in [0.1, 0.15) is 24.0 Å². The Morgan fingerprint density at radius 3 is 2.24 bits per heavy atom. The molecule has 0 aromatic carbocycles. The third-order valence-corrected chi connectivity index (χ3v) is 9.37. The van der Waals surface area contributed by atoms with Gasteiger partial charge in [-0.1, -0.05) is 11.6 Å². The number of nitrogens with zero attached hydrogens (tertiary/aromatic N) is 7. The summed E-state index contributed by atoms with van der Waals surface area (Å²) in [4.78, 5) is 16.7. The molecule has 5 rings (SSSR count). The van der Waals surface area contributed by atoms with Gasteiger partial charge in [0.05, 0.1) is 37.7 Å². The minimum absolute atomic E-state index is 0.0455. The second-order valence-corrected chi connectivity index (χ2v) is 12.4. The van der Waals surface area contributed by atoms with Gasteiger partial charge in [-0.15, -0.1) is 10.2 Å². The Bertz CT molecular complexity index is 1380. The number of halogens is 1. The zero-order chi connectivity index (χ0) is 27.1. The van der Waals surface area contributed by atoms with E-state index in [9.17, 15) is 8.42 Å². The Kier molecular flexibility index (Phi) is 7.24. The minimum Gasteiger partial charge on any atom is -0.479 e. The van der Waals surface area contributed by atoms with Gasteiger partial charge in [-0.3, -0.25) is 4.57 Å². The highest BCUT2D eigenvalue weighted by Crippen LogP contribution is 2.55. The van der Waals surface area contributed by atoms with E-state index in [0.29, 0.717) is 29.7 Å². The number of sulfone groups is 1. The van der Waals surface area contributed by atoms with Crippen LogP contribution in [-0.4, -0.2) is 82.9 Å². The summed E-state index contributed by atoms with van der Waals surface area (Å²) in [6.07, 6.45) is 4.87. The van der Waals surface area contributed by atoms with Crippen molar-refractivity contribution < 1.29 is 27.4 Å². The van der Waals surface area contributed by atoms with Crippen LogP contribution in [-0.2, 0) is 25.1 Å². The van der Waals surface area contributed by atoms with E-state index in [1.54, 1.807) is 11.5 Å². The fourth-order valence-electron chi connectivity index (χ4n) is 5.04. The lowest BCUT2D eigenvalue weighted by Crippen LogP contribution is -2.51. The summed E-state index contributed by atoms with van der Waals surface area (Å²) in [6, 6.07) is 0. The van der Waals surface area contributed by atoms with Crippen molar-refractivity contribution in [2.24, 2.45) is 5.41 Å². The van der Waals surface area contributed by atoms with Crippen LogP contribution in [0.15, 0.2) is 18.7 Å². The molecule has 3 aromatic rings. The Labute approximate surface area is 224 Å². The summed E-state index contributed by atoms with van der Waals surface area (Å²) in [5.74, 6) is 0.981. The fraction of sp³-hybridized carbons (Fsp3) is 0.565. The molecule has 38 heavy (non-hydrogen) atoms. The fourth-order valence-corrected chi connectivity index (χ4v) is 6.56. The van der Waals surface area contributed by atoms with Gasteiger partial charge in [-0.25, -0.2) is 18.4 Å². The first-order chi connectivity index (χ1) is 18.2. The van der Waals surface area contributed by atoms with Gasteiger partial charge in [0, 0.05) is 30.8 Å². The van der Waals surface area contributed by atoms with Crippen molar-refractivity contribution in [3.8, 4) is 17.4 Å². The predicted molar refractivity (Wildman–Crippen MR) is 134 cm³/mol. The molecule has 15 heteroatoms. The Balaban J connectivity index is 1.53. The molecule has 4 heterocycles. The molecular formula is C23H28ClN7O6S. The maximum absolute atomic E-state index is 13.7. The molecule has 204 valence electrons. The van der Waals surface area contributed by atoms with E-state index in [0.717, 1.165) is 12.8 Å². The Hall–Kier alpha value is -2.94. The molecule has 1 saturated carbocycles. The average molecular weight is 566 g/mol. The minimum atomic E-state index is -3.87. The van der Waals surface area contributed by atoms with Gasteiger partial charge in [0.25, 0.3) is 0 Å². The molecule has 1 aliphatic carbocycles. The van der Waals surface area contributed by atoms with Crippen molar-refractivity contribution in [1.29, 1.82) is 0 Å². The van der Waals surface area contributed by atoms with Crippen LogP contribution in [0.4, 0.5) is 0 Å². The van der Waals surface area contributed by atoms with E-state index in [2.05, 4.69) is 30.1 Å². The van der Waals surface area contributed by atoms with Crippen molar-refractivity contribution in [2.45, 2.75) is 42.8 Å². The first kappa shape index (κ1) is 26.7. The van der Waals surface area contributed by atoms with Crippen LogP contribution in [0.25, 0.3) is 5.69 Å². The normalized spacial score (nSPS) is 18.4. The summed E-state index contributed by atoms with van der Waals surface area (Å²) in [6.45, 7) is 2.97. The summed E-state index contributed by atoms with van der Waals surface area (Å²) in [5, 5.41) is 8.07. The van der Waals surface area contributed by atoms with E-state index in [1.807, 2.05) is 0 Å². The zero-order valence-electron chi connectivity index (χ0n) is 21.4. The monoisotopic (exact) mass is 565 g/mol. The zero-order valence-corrected chi connectivity index (χ0v) is 22.9. The van der Waals surface area contributed by atoms with Crippen LogP contribution in [0.1, 0.15) is 49.3 Å². The molecule has 2 aliphatic rings. The molecule has 0 unspecified atom stereocenters. The topological polar surface area (TPSA) is 153 Å². The van der Waals surface area contributed by atoms with Gasteiger partial charge >= 0.3 is 0 Å². The number of rotatable bonds is 10. The van der Waals surface area contributed by atoms with E-state index < -0.39 is 26.9 Å². The summed E-state index contributed by atoms with van der Waals surface area (Å²) in [7, 11) is 0.463. The third-order valence-electron chi connectivity index (χ3n) is 7.13. The van der Waals surface area contributed by atoms with Crippen LogP contribution in [0.2, 0.25) is 5.02 Å². The Morgan fingerprint density at radius 2 is 1.71 bits per heavy atom. The second kappa shape index (κ2) is 10.3. The molecular weight excluding hydrogens is 538 g/mol. The lowest BCUT2D eigenvalue weighted by Gasteiger charge is -2.52. The number of aromatic nitrogens is 7. The van der Waals surface area contributed by atoms with Gasteiger partial charge in [-0.2, -0.15) is 9.97 Å². The highest BCUT2D eigenvalue weighted by molar-refractivity contribution is 7.91. The third kappa shape index (κ3) is 4.70. The van der Waals surface area contributed by atoms with Gasteiger partial charge in [0.15, 0.2) is 27.2 Å². The molecule has 3 aromatic heterocycles. The van der Waals surface area contributed by atoms with Crippen LogP contribution in [0, 0.1) is 5.41 Å². The van der Waals surface area contributed by atoms with Crippen molar-refractivity contribution >= 4 is 21.4 Å². The molecule has 0 N–H and O–H groups in total. The molecule has 1 saturated heterocycles. The van der Waals surface area contributed by atoms with Crippen molar-refractivity contribution in [3.05, 3.63) is 41.2 Å². The lowest BCUT2D eigenvalue weighted by atomic mass is 9.60. The lowest BCUT2D eigenvalue weighted by molar-refractivity contribution is -0.165. The summed E-state index contributed by atoms with van der Waals surface area (Å²) >= 11 is 5.90.